The number of hydrogen-bond donors (Lipinski definition) is 1. The van der Waals surface area contributed by atoms with E-state index in [-0.39, 0.29) is 11.4 Å². The van der Waals surface area contributed by atoms with Crippen molar-refractivity contribution in [1.29, 1.82) is 0 Å². The molecule has 0 spiro atoms. The number of rotatable bonds is 2. The highest BCUT2D eigenvalue weighted by molar-refractivity contribution is 5.92. The van der Waals surface area contributed by atoms with Gasteiger partial charge in [-0.05, 0) is 30.9 Å². The summed E-state index contributed by atoms with van der Waals surface area (Å²) < 4.78 is 5.06. The Morgan fingerprint density at radius 3 is 2.80 bits per heavy atom. The molecule has 1 amide bonds. The van der Waals surface area contributed by atoms with Gasteiger partial charge in [0.2, 0.25) is 0 Å². The highest BCUT2D eigenvalue weighted by atomic mass is 16.3. The van der Waals surface area contributed by atoms with Crippen molar-refractivity contribution in [2.45, 2.75) is 18.4 Å². The van der Waals surface area contributed by atoms with E-state index in [1.165, 1.54) is 19.1 Å². The molecule has 1 saturated heterocycles. The fourth-order valence-electron chi connectivity index (χ4n) is 2.28. The molecule has 1 aromatic rings. The Balaban J connectivity index is 1.65. The molecule has 3 rings (SSSR count). The summed E-state index contributed by atoms with van der Waals surface area (Å²) in [5, 5.41) is 0. The van der Waals surface area contributed by atoms with E-state index in [0.29, 0.717) is 24.8 Å². The standard InChI is InChI=1S/C11H14N2O2/c12-11(8-3-4-8)6-13(7-11)10(14)9-2-1-5-15-9/h1-2,5,8H,3-4,6-7,12H2. The molecule has 15 heavy (non-hydrogen) atoms. The third kappa shape index (κ3) is 1.36. The Bertz CT molecular complexity index is 375. The van der Waals surface area contributed by atoms with E-state index in [9.17, 15) is 4.79 Å². The average Bonchev–Trinajstić information content (AvgIpc) is 2.89. The number of carbonyl (C=O) groups is 1. The molecule has 2 heterocycles. The largest absolute Gasteiger partial charge is 0.459 e. The van der Waals surface area contributed by atoms with Crippen LogP contribution in [0.1, 0.15) is 23.4 Å². The van der Waals surface area contributed by atoms with Gasteiger partial charge in [0.15, 0.2) is 5.76 Å². The van der Waals surface area contributed by atoms with Crippen molar-refractivity contribution < 1.29 is 9.21 Å². The van der Waals surface area contributed by atoms with E-state index in [1.54, 1.807) is 17.0 Å². The molecule has 80 valence electrons. The van der Waals surface area contributed by atoms with Crippen LogP contribution in [-0.4, -0.2) is 29.4 Å². The van der Waals surface area contributed by atoms with Crippen LogP contribution >= 0.6 is 0 Å². The van der Waals surface area contributed by atoms with Crippen LogP contribution in [-0.2, 0) is 0 Å². The smallest absolute Gasteiger partial charge is 0.289 e. The van der Waals surface area contributed by atoms with E-state index in [0.717, 1.165) is 0 Å². The Labute approximate surface area is 88.0 Å². The maximum absolute atomic E-state index is 11.8. The Morgan fingerprint density at radius 1 is 1.53 bits per heavy atom. The van der Waals surface area contributed by atoms with E-state index in [2.05, 4.69) is 0 Å². The third-order valence-corrected chi connectivity index (χ3v) is 3.38. The van der Waals surface area contributed by atoms with Crippen LogP contribution in [0.3, 0.4) is 0 Å². The molecule has 4 heteroatoms. The minimum atomic E-state index is -0.109. The van der Waals surface area contributed by atoms with Crippen molar-refractivity contribution in [3.05, 3.63) is 24.2 Å². The van der Waals surface area contributed by atoms with Crippen LogP contribution in [0.15, 0.2) is 22.8 Å². The van der Waals surface area contributed by atoms with Gasteiger partial charge in [-0.2, -0.15) is 0 Å². The number of nitrogens with two attached hydrogens (primary N) is 1. The minimum Gasteiger partial charge on any atom is -0.459 e. The van der Waals surface area contributed by atoms with Gasteiger partial charge in [-0.3, -0.25) is 4.79 Å². The van der Waals surface area contributed by atoms with Gasteiger partial charge in [0.05, 0.1) is 11.8 Å². The molecule has 4 nitrogen and oxygen atoms in total. The molecule has 1 aromatic heterocycles. The number of furan rings is 1. The molecule has 1 aliphatic heterocycles. The van der Waals surface area contributed by atoms with Crippen molar-refractivity contribution in [3.8, 4) is 0 Å². The van der Waals surface area contributed by atoms with Crippen LogP contribution in [0, 0.1) is 5.92 Å². The van der Waals surface area contributed by atoms with Crippen LogP contribution < -0.4 is 5.73 Å². The van der Waals surface area contributed by atoms with Crippen molar-refractivity contribution in [2.24, 2.45) is 11.7 Å². The molecule has 0 unspecified atom stereocenters. The summed E-state index contributed by atoms with van der Waals surface area (Å²) in [5.74, 6) is 1.01. The van der Waals surface area contributed by atoms with Gasteiger partial charge in [-0.25, -0.2) is 0 Å². The van der Waals surface area contributed by atoms with E-state index in [4.69, 9.17) is 10.2 Å². The SMILES string of the molecule is NC1(C2CC2)CN(C(=O)c2ccco2)C1. The third-order valence-electron chi connectivity index (χ3n) is 3.38. The zero-order valence-corrected chi connectivity index (χ0v) is 8.48. The lowest BCUT2D eigenvalue weighted by Gasteiger charge is -2.47. The minimum absolute atomic E-state index is 0.0401. The average molecular weight is 206 g/mol. The zero-order valence-electron chi connectivity index (χ0n) is 8.48. The molecular formula is C11H14N2O2. The molecule has 1 saturated carbocycles. The van der Waals surface area contributed by atoms with Gasteiger partial charge < -0.3 is 15.1 Å². The van der Waals surface area contributed by atoms with Gasteiger partial charge in [-0.1, -0.05) is 0 Å². The lowest BCUT2D eigenvalue weighted by molar-refractivity contribution is 0.0321. The monoisotopic (exact) mass is 206 g/mol. The number of carbonyl (C=O) groups excluding carboxylic acids is 1. The summed E-state index contributed by atoms with van der Waals surface area (Å²) in [7, 11) is 0. The summed E-state index contributed by atoms with van der Waals surface area (Å²) in [6.45, 7) is 1.36. The second kappa shape index (κ2) is 2.85. The number of hydrogen-bond acceptors (Lipinski definition) is 3. The number of amides is 1. The molecule has 2 N–H and O–H groups in total. The Hall–Kier alpha value is -1.29. The molecule has 1 aliphatic carbocycles. The lowest BCUT2D eigenvalue weighted by atomic mass is 9.85. The first kappa shape index (κ1) is 8.97. The molecule has 0 bridgehead atoms. The van der Waals surface area contributed by atoms with Crippen LogP contribution in [0.5, 0.6) is 0 Å². The Morgan fingerprint density at radius 2 is 2.27 bits per heavy atom. The second-order valence-corrected chi connectivity index (χ2v) is 4.65. The maximum atomic E-state index is 11.8. The van der Waals surface area contributed by atoms with Crippen molar-refractivity contribution in [1.82, 2.24) is 4.90 Å². The van der Waals surface area contributed by atoms with Gasteiger partial charge in [0.25, 0.3) is 5.91 Å². The van der Waals surface area contributed by atoms with Gasteiger partial charge in [0.1, 0.15) is 0 Å². The molecule has 0 atom stereocenters. The first-order chi connectivity index (χ1) is 7.19. The first-order valence-electron chi connectivity index (χ1n) is 5.31. The fourth-order valence-corrected chi connectivity index (χ4v) is 2.28. The van der Waals surface area contributed by atoms with Crippen molar-refractivity contribution in [2.75, 3.05) is 13.1 Å². The molecule has 2 aliphatic rings. The van der Waals surface area contributed by atoms with Gasteiger partial charge in [-0.15, -0.1) is 0 Å². The summed E-state index contributed by atoms with van der Waals surface area (Å²) in [5.41, 5.74) is 6.06. The Kier molecular flexibility index (Phi) is 1.71. The van der Waals surface area contributed by atoms with Crippen LogP contribution in [0.2, 0.25) is 0 Å². The lowest BCUT2D eigenvalue weighted by Crippen LogP contribution is -2.69. The zero-order chi connectivity index (χ0) is 10.5. The predicted octanol–water partition coefficient (Wildman–Crippen LogP) is 0.843. The molecular weight excluding hydrogens is 192 g/mol. The topological polar surface area (TPSA) is 59.5 Å². The number of likely N-dealkylation sites (tertiary alicyclic amines) is 1. The molecule has 0 radical (unpaired) electrons. The quantitative estimate of drug-likeness (QED) is 0.780. The highest BCUT2D eigenvalue weighted by Gasteiger charge is 2.52. The van der Waals surface area contributed by atoms with Crippen LogP contribution in [0.4, 0.5) is 0 Å². The van der Waals surface area contributed by atoms with Crippen molar-refractivity contribution >= 4 is 5.91 Å². The summed E-state index contributed by atoms with van der Waals surface area (Å²) in [4.78, 5) is 13.6. The normalized spacial score (nSPS) is 23.7. The van der Waals surface area contributed by atoms with Crippen LogP contribution in [0.25, 0.3) is 0 Å². The molecule has 0 aromatic carbocycles. The van der Waals surface area contributed by atoms with Gasteiger partial charge in [0, 0.05) is 13.1 Å². The van der Waals surface area contributed by atoms with Crippen molar-refractivity contribution in [3.63, 3.8) is 0 Å². The van der Waals surface area contributed by atoms with E-state index in [1.807, 2.05) is 0 Å². The maximum Gasteiger partial charge on any atom is 0.289 e. The fraction of sp³-hybridized carbons (Fsp3) is 0.545. The second-order valence-electron chi connectivity index (χ2n) is 4.65. The van der Waals surface area contributed by atoms with E-state index < -0.39 is 0 Å². The molecule has 2 fully saturated rings. The van der Waals surface area contributed by atoms with Gasteiger partial charge >= 0.3 is 0 Å². The summed E-state index contributed by atoms with van der Waals surface area (Å²) >= 11 is 0. The highest BCUT2D eigenvalue weighted by Crippen LogP contribution is 2.43. The van der Waals surface area contributed by atoms with E-state index >= 15 is 0 Å². The number of nitrogens with zero attached hydrogens (tertiary/aromatic N) is 1. The first-order valence-corrected chi connectivity index (χ1v) is 5.31. The predicted molar refractivity (Wildman–Crippen MR) is 54.3 cm³/mol. The summed E-state index contributed by atoms with van der Waals surface area (Å²) in [6.07, 6.45) is 3.96. The summed E-state index contributed by atoms with van der Waals surface area (Å²) in [6, 6.07) is 3.42.